The maximum atomic E-state index is 12.2. The first-order chi connectivity index (χ1) is 10.0. The molecule has 1 atom stereocenters. The monoisotopic (exact) mass is 295 g/mol. The van der Waals surface area contributed by atoms with Crippen LogP contribution in [0.5, 0.6) is 11.5 Å². The van der Waals surface area contributed by atoms with Crippen LogP contribution in [0.2, 0.25) is 0 Å². The standard InChI is InChI=1S/C15H21NO5/c1-4-10(7-14(17)18)9-16-15(19)12-8-11(20-2)5-6-13(12)21-3/h5-6,8,10H,4,7,9H2,1-3H3,(H,16,19)(H,17,18). The number of amides is 1. The number of hydrogen-bond donors (Lipinski definition) is 2. The van der Waals surface area contributed by atoms with E-state index in [0.717, 1.165) is 0 Å². The van der Waals surface area contributed by atoms with Crippen molar-refractivity contribution in [3.05, 3.63) is 23.8 Å². The third-order valence-electron chi connectivity index (χ3n) is 3.24. The number of carboxylic acid groups (broad SMARTS) is 1. The lowest BCUT2D eigenvalue weighted by Crippen LogP contribution is -2.30. The topological polar surface area (TPSA) is 84.9 Å². The Kier molecular flexibility index (Phi) is 6.52. The molecule has 1 rings (SSSR count). The maximum absolute atomic E-state index is 12.2. The van der Waals surface area contributed by atoms with Gasteiger partial charge in [-0.25, -0.2) is 0 Å². The Bertz CT molecular complexity index is 501. The summed E-state index contributed by atoms with van der Waals surface area (Å²) >= 11 is 0. The number of rotatable bonds is 8. The average Bonchev–Trinajstić information content (AvgIpc) is 2.49. The molecule has 1 aromatic carbocycles. The van der Waals surface area contributed by atoms with E-state index < -0.39 is 5.97 Å². The van der Waals surface area contributed by atoms with Gasteiger partial charge in [-0.15, -0.1) is 0 Å². The van der Waals surface area contributed by atoms with Gasteiger partial charge in [0.05, 0.1) is 19.8 Å². The first-order valence-electron chi connectivity index (χ1n) is 6.73. The third-order valence-corrected chi connectivity index (χ3v) is 3.24. The fourth-order valence-corrected chi connectivity index (χ4v) is 1.93. The number of carbonyl (C=O) groups is 2. The number of benzene rings is 1. The highest BCUT2D eigenvalue weighted by Gasteiger charge is 2.16. The molecule has 0 spiro atoms. The number of ether oxygens (including phenoxy) is 2. The summed E-state index contributed by atoms with van der Waals surface area (Å²) in [4.78, 5) is 22.9. The van der Waals surface area contributed by atoms with Gasteiger partial charge in [0, 0.05) is 13.0 Å². The highest BCUT2D eigenvalue weighted by molar-refractivity contribution is 5.97. The van der Waals surface area contributed by atoms with Gasteiger partial charge in [0.2, 0.25) is 0 Å². The minimum atomic E-state index is -0.866. The Morgan fingerprint density at radius 1 is 1.29 bits per heavy atom. The first kappa shape index (κ1) is 16.8. The minimum absolute atomic E-state index is 0.0338. The molecule has 2 N–H and O–H groups in total. The molecule has 0 saturated carbocycles. The Labute approximate surface area is 124 Å². The molecule has 0 aliphatic carbocycles. The van der Waals surface area contributed by atoms with Crippen molar-refractivity contribution < 1.29 is 24.2 Å². The predicted octanol–water partition coefficient (Wildman–Crippen LogP) is 1.93. The first-order valence-corrected chi connectivity index (χ1v) is 6.73. The largest absolute Gasteiger partial charge is 0.497 e. The zero-order valence-corrected chi connectivity index (χ0v) is 12.5. The molecule has 0 bridgehead atoms. The van der Waals surface area contributed by atoms with E-state index in [-0.39, 0.29) is 18.2 Å². The Morgan fingerprint density at radius 2 is 2.00 bits per heavy atom. The van der Waals surface area contributed by atoms with Crippen LogP contribution in [0.25, 0.3) is 0 Å². The molecule has 1 aromatic rings. The minimum Gasteiger partial charge on any atom is -0.497 e. The van der Waals surface area contributed by atoms with Crippen molar-refractivity contribution in [3.8, 4) is 11.5 Å². The van der Waals surface area contributed by atoms with Crippen LogP contribution in [0.3, 0.4) is 0 Å². The predicted molar refractivity (Wildman–Crippen MR) is 77.9 cm³/mol. The summed E-state index contributed by atoms with van der Waals surface area (Å²) in [5.41, 5.74) is 0.363. The molecule has 6 nitrogen and oxygen atoms in total. The molecule has 0 saturated heterocycles. The number of aliphatic carboxylic acids is 1. The van der Waals surface area contributed by atoms with Gasteiger partial charge in [-0.2, -0.15) is 0 Å². The van der Waals surface area contributed by atoms with E-state index in [2.05, 4.69) is 5.32 Å². The molecule has 0 aliphatic heterocycles. The van der Waals surface area contributed by atoms with E-state index in [1.807, 2.05) is 6.92 Å². The number of methoxy groups -OCH3 is 2. The zero-order valence-electron chi connectivity index (χ0n) is 12.5. The van der Waals surface area contributed by atoms with Crippen molar-refractivity contribution in [1.29, 1.82) is 0 Å². The van der Waals surface area contributed by atoms with E-state index in [1.165, 1.54) is 14.2 Å². The van der Waals surface area contributed by atoms with Gasteiger partial charge < -0.3 is 19.9 Å². The second-order valence-electron chi connectivity index (χ2n) is 4.65. The van der Waals surface area contributed by atoms with Crippen molar-refractivity contribution in [2.75, 3.05) is 20.8 Å². The molecule has 0 aliphatic rings. The zero-order chi connectivity index (χ0) is 15.8. The number of carbonyl (C=O) groups excluding carboxylic acids is 1. The molecule has 116 valence electrons. The van der Waals surface area contributed by atoms with Crippen LogP contribution in [-0.4, -0.2) is 37.7 Å². The van der Waals surface area contributed by atoms with Gasteiger partial charge in [0.1, 0.15) is 11.5 Å². The fourth-order valence-electron chi connectivity index (χ4n) is 1.93. The fraction of sp³-hybridized carbons (Fsp3) is 0.467. The lowest BCUT2D eigenvalue weighted by molar-refractivity contribution is -0.138. The second-order valence-corrected chi connectivity index (χ2v) is 4.65. The van der Waals surface area contributed by atoms with Crippen molar-refractivity contribution in [3.63, 3.8) is 0 Å². The summed E-state index contributed by atoms with van der Waals surface area (Å²) in [5.74, 6) is -0.272. The molecule has 6 heteroatoms. The Hall–Kier alpha value is -2.24. The SMILES string of the molecule is CCC(CNC(=O)c1cc(OC)ccc1OC)CC(=O)O. The normalized spacial score (nSPS) is 11.6. The van der Waals surface area contributed by atoms with Crippen molar-refractivity contribution in [2.45, 2.75) is 19.8 Å². The van der Waals surface area contributed by atoms with E-state index in [0.29, 0.717) is 30.0 Å². The van der Waals surface area contributed by atoms with E-state index in [9.17, 15) is 9.59 Å². The van der Waals surface area contributed by atoms with Crippen LogP contribution in [0.1, 0.15) is 30.1 Å². The smallest absolute Gasteiger partial charge is 0.303 e. The number of nitrogens with one attached hydrogen (secondary N) is 1. The van der Waals surface area contributed by atoms with Crippen molar-refractivity contribution in [2.24, 2.45) is 5.92 Å². The molecule has 0 radical (unpaired) electrons. The second kappa shape index (κ2) is 8.14. The molecule has 0 aromatic heterocycles. The van der Waals surface area contributed by atoms with E-state index in [1.54, 1.807) is 18.2 Å². The molecular weight excluding hydrogens is 274 g/mol. The number of hydrogen-bond acceptors (Lipinski definition) is 4. The van der Waals surface area contributed by atoms with Gasteiger partial charge >= 0.3 is 5.97 Å². The molecule has 0 heterocycles. The molecule has 0 fully saturated rings. The molecular formula is C15H21NO5. The van der Waals surface area contributed by atoms with Gasteiger partial charge in [-0.3, -0.25) is 9.59 Å². The lowest BCUT2D eigenvalue weighted by atomic mass is 10.0. The third kappa shape index (κ3) is 4.98. The van der Waals surface area contributed by atoms with Crippen LogP contribution in [0.4, 0.5) is 0 Å². The summed E-state index contributed by atoms with van der Waals surface area (Å²) in [7, 11) is 3.00. The van der Waals surface area contributed by atoms with Crippen LogP contribution in [-0.2, 0) is 4.79 Å². The van der Waals surface area contributed by atoms with E-state index >= 15 is 0 Å². The highest BCUT2D eigenvalue weighted by Crippen LogP contribution is 2.23. The van der Waals surface area contributed by atoms with Crippen LogP contribution in [0.15, 0.2) is 18.2 Å². The van der Waals surface area contributed by atoms with Crippen LogP contribution < -0.4 is 14.8 Å². The van der Waals surface area contributed by atoms with Crippen LogP contribution in [0, 0.1) is 5.92 Å². The van der Waals surface area contributed by atoms with Crippen molar-refractivity contribution >= 4 is 11.9 Å². The van der Waals surface area contributed by atoms with E-state index in [4.69, 9.17) is 14.6 Å². The van der Waals surface area contributed by atoms with Crippen molar-refractivity contribution in [1.82, 2.24) is 5.32 Å². The molecule has 21 heavy (non-hydrogen) atoms. The summed E-state index contributed by atoms with van der Waals surface area (Å²) in [5, 5.41) is 11.5. The summed E-state index contributed by atoms with van der Waals surface area (Å²) in [6.07, 6.45) is 0.716. The number of carboxylic acids is 1. The maximum Gasteiger partial charge on any atom is 0.303 e. The van der Waals surface area contributed by atoms with Crippen LogP contribution >= 0.6 is 0 Å². The highest BCUT2D eigenvalue weighted by atomic mass is 16.5. The van der Waals surface area contributed by atoms with Gasteiger partial charge in [0.25, 0.3) is 5.91 Å². The Morgan fingerprint density at radius 3 is 2.52 bits per heavy atom. The molecule has 1 unspecified atom stereocenters. The van der Waals surface area contributed by atoms with Gasteiger partial charge in [-0.05, 0) is 24.1 Å². The summed E-state index contributed by atoms with van der Waals surface area (Å²) in [6.45, 7) is 2.20. The molecule has 1 amide bonds. The average molecular weight is 295 g/mol. The van der Waals surface area contributed by atoms with Gasteiger partial charge in [-0.1, -0.05) is 13.3 Å². The van der Waals surface area contributed by atoms with Gasteiger partial charge in [0.15, 0.2) is 0 Å². The Balaban J connectivity index is 2.76. The summed E-state index contributed by atoms with van der Waals surface area (Å²) in [6, 6.07) is 4.95. The quantitative estimate of drug-likeness (QED) is 0.765. The lowest BCUT2D eigenvalue weighted by Gasteiger charge is -2.15. The summed E-state index contributed by atoms with van der Waals surface area (Å²) < 4.78 is 10.2.